The summed E-state index contributed by atoms with van der Waals surface area (Å²) in [5.74, 6) is 1.04. The maximum atomic E-state index is 10.8. The molecule has 0 aliphatic rings. The lowest BCUT2D eigenvalue weighted by molar-refractivity contribution is 0.476. The third-order valence-electron chi connectivity index (χ3n) is 4.83. The van der Waals surface area contributed by atoms with E-state index in [4.69, 9.17) is 4.99 Å². The number of rotatable bonds is 5. The Hall–Kier alpha value is -2.87. The summed E-state index contributed by atoms with van der Waals surface area (Å²) >= 11 is 0. The Morgan fingerprint density at radius 3 is 1.93 bits per heavy atom. The summed E-state index contributed by atoms with van der Waals surface area (Å²) in [6.07, 6.45) is 1.79. The third kappa shape index (κ3) is 4.11. The van der Waals surface area contributed by atoms with Crippen LogP contribution in [0.4, 0.5) is 5.69 Å². The fourth-order valence-corrected chi connectivity index (χ4v) is 3.31. The van der Waals surface area contributed by atoms with Crippen LogP contribution in [0.25, 0.3) is 11.1 Å². The Kier molecular flexibility index (Phi) is 5.75. The predicted molar refractivity (Wildman–Crippen MR) is 115 cm³/mol. The molecule has 0 atom stereocenters. The molecular weight excluding hydrogens is 330 g/mol. The van der Waals surface area contributed by atoms with Crippen molar-refractivity contribution in [2.24, 2.45) is 4.99 Å². The zero-order chi connectivity index (χ0) is 19.4. The van der Waals surface area contributed by atoms with Gasteiger partial charge in [0.25, 0.3) is 0 Å². The highest BCUT2D eigenvalue weighted by Gasteiger charge is 2.13. The fraction of sp³-hybridized carbons (Fsp3) is 0.240. The number of aromatic hydroxyl groups is 1. The minimum Gasteiger partial charge on any atom is -0.507 e. The predicted octanol–water partition coefficient (Wildman–Crippen LogP) is 7.06. The van der Waals surface area contributed by atoms with E-state index in [-0.39, 0.29) is 5.75 Å². The molecule has 0 bridgehead atoms. The van der Waals surface area contributed by atoms with Crippen molar-refractivity contribution in [1.29, 1.82) is 0 Å². The molecule has 0 fully saturated rings. The van der Waals surface area contributed by atoms with E-state index in [1.165, 1.54) is 11.1 Å². The molecule has 2 heteroatoms. The lowest BCUT2D eigenvalue weighted by Gasteiger charge is -2.16. The number of aliphatic imine (C=N–C) groups is 1. The molecular formula is C25H27NO. The molecule has 3 aromatic rings. The summed E-state index contributed by atoms with van der Waals surface area (Å²) in [7, 11) is 0. The van der Waals surface area contributed by atoms with Crippen LogP contribution in [0.2, 0.25) is 0 Å². The van der Waals surface area contributed by atoms with E-state index in [1.807, 2.05) is 48.5 Å². The van der Waals surface area contributed by atoms with Crippen LogP contribution in [0.3, 0.4) is 0 Å². The van der Waals surface area contributed by atoms with Crippen molar-refractivity contribution in [3.8, 4) is 16.9 Å². The van der Waals surface area contributed by atoms with E-state index in [2.05, 4.69) is 45.9 Å². The van der Waals surface area contributed by atoms with Crippen LogP contribution in [-0.4, -0.2) is 11.3 Å². The molecule has 0 saturated carbocycles. The van der Waals surface area contributed by atoms with Crippen molar-refractivity contribution >= 4 is 11.9 Å². The number of benzene rings is 3. The number of hydrogen-bond acceptors (Lipinski definition) is 2. The first-order valence-electron chi connectivity index (χ1n) is 9.53. The third-order valence-corrected chi connectivity index (χ3v) is 4.83. The second-order valence-corrected chi connectivity index (χ2v) is 7.46. The molecule has 3 aromatic carbocycles. The van der Waals surface area contributed by atoms with Gasteiger partial charge in [-0.1, -0.05) is 88.4 Å². The zero-order valence-corrected chi connectivity index (χ0v) is 16.5. The first-order valence-corrected chi connectivity index (χ1v) is 9.53. The largest absolute Gasteiger partial charge is 0.507 e. The molecule has 0 aromatic heterocycles. The summed E-state index contributed by atoms with van der Waals surface area (Å²) in [5, 5.41) is 10.8. The molecule has 0 aliphatic heterocycles. The number of phenols is 1. The summed E-state index contributed by atoms with van der Waals surface area (Å²) in [4.78, 5) is 4.83. The maximum absolute atomic E-state index is 10.8. The van der Waals surface area contributed by atoms with E-state index >= 15 is 0 Å². The summed E-state index contributed by atoms with van der Waals surface area (Å²) in [6, 6.07) is 22.1. The number of phenolic OH excluding ortho intramolecular Hbond substituents is 1. The van der Waals surface area contributed by atoms with Crippen molar-refractivity contribution in [2.75, 3.05) is 0 Å². The quantitative estimate of drug-likeness (QED) is 0.487. The van der Waals surface area contributed by atoms with Gasteiger partial charge in [-0.15, -0.1) is 0 Å². The van der Waals surface area contributed by atoms with Gasteiger partial charge in [0.15, 0.2) is 0 Å². The molecule has 2 nitrogen and oxygen atoms in total. The molecule has 0 heterocycles. The summed E-state index contributed by atoms with van der Waals surface area (Å²) < 4.78 is 0. The second kappa shape index (κ2) is 8.22. The molecule has 0 radical (unpaired) electrons. The molecule has 0 spiro atoms. The van der Waals surface area contributed by atoms with Gasteiger partial charge < -0.3 is 5.11 Å². The van der Waals surface area contributed by atoms with Gasteiger partial charge in [-0.2, -0.15) is 0 Å². The summed E-state index contributed by atoms with van der Waals surface area (Å²) in [6.45, 7) is 8.75. The molecule has 0 amide bonds. The van der Waals surface area contributed by atoms with Crippen LogP contribution < -0.4 is 0 Å². The highest BCUT2D eigenvalue weighted by molar-refractivity contribution is 5.90. The van der Waals surface area contributed by atoms with Gasteiger partial charge in [0.05, 0.1) is 5.69 Å². The van der Waals surface area contributed by atoms with Gasteiger partial charge in [-0.25, -0.2) is 0 Å². The normalized spacial score (nSPS) is 11.6. The average molecular weight is 357 g/mol. The topological polar surface area (TPSA) is 32.6 Å². The van der Waals surface area contributed by atoms with Crippen LogP contribution in [0.5, 0.6) is 5.75 Å². The van der Waals surface area contributed by atoms with E-state index < -0.39 is 0 Å². The van der Waals surface area contributed by atoms with Crippen molar-refractivity contribution in [1.82, 2.24) is 0 Å². The van der Waals surface area contributed by atoms with E-state index in [0.29, 0.717) is 11.8 Å². The van der Waals surface area contributed by atoms with Gasteiger partial charge in [0.2, 0.25) is 0 Å². The van der Waals surface area contributed by atoms with Crippen LogP contribution in [0.1, 0.15) is 56.2 Å². The molecule has 0 saturated heterocycles. The van der Waals surface area contributed by atoms with Crippen molar-refractivity contribution in [2.45, 2.75) is 39.5 Å². The monoisotopic (exact) mass is 357 g/mol. The zero-order valence-electron chi connectivity index (χ0n) is 16.5. The molecule has 1 N–H and O–H groups in total. The van der Waals surface area contributed by atoms with Gasteiger partial charge in [-0.3, -0.25) is 4.99 Å². The molecule has 0 unspecified atom stereocenters. The van der Waals surface area contributed by atoms with Crippen molar-refractivity contribution in [3.05, 3.63) is 83.4 Å². The standard InChI is InChI=1S/C25H27NO/c1-17(2)21-13-9-14-22(18(3)4)24(21)26-16-20-12-8-15-23(25(20)27)19-10-6-5-7-11-19/h5-18,27H,1-4H3. The smallest absolute Gasteiger partial charge is 0.132 e. The maximum Gasteiger partial charge on any atom is 0.132 e. The van der Waals surface area contributed by atoms with Gasteiger partial charge >= 0.3 is 0 Å². The van der Waals surface area contributed by atoms with Crippen LogP contribution >= 0.6 is 0 Å². The minimum atomic E-state index is 0.264. The highest BCUT2D eigenvalue weighted by atomic mass is 16.3. The fourth-order valence-electron chi connectivity index (χ4n) is 3.31. The van der Waals surface area contributed by atoms with Crippen LogP contribution in [0, 0.1) is 0 Å². The van der Waals surface area contributed by atoms with Gasteiger partial charge in [-0.05, 0) is 34.6 Å². The number of hydrogen-bond donors (Lipinski definition) is 1. The molecule has 0 aliphatic carbocycles. The Balaban J connectivity index is 2.05. The van der Waals surface area contributed by atoms with Gasteiger partial charge in [0, 0.05) is 17.3 Å². The first-order chi connectivity index (χ1) is 13.0. The Morgan fingerprint density at radius 1 is 0.741 bits per heavy atom. The van der Waals surface area contributed by atoms with Crippen LogP contribution in [-0.2, 0) is 0 Å². The Morgan fingerprint density at radius 2 is 1.33 bits per heavy atom. The second-order valence-electron chi connectivity index (χ2n) is 7.46. The Bertz CT molecular complexity index is 914. The van der Waals surface area contributed by atoms with Crippen LogP contribution in [0.15, 0.2) is 71.7 Å². The van der Waals surface area contributed by atoms with E-state index in [1.54, 1.807) is 6.21 Å². The first kappa shape index (κ1) is 18.9. The van der Waals surface area contributed by atoms with Crippen molar-refractivity contribution in [3.63, 3.8) is 0 Å². The SMILES string of the molecule is CC(C)c1cccc(C(C)C)c1N=Cc1cccc(-c2ccccc2)c1O. The number of para-hydroxylation sites is 2. The molecule has 138 valence electrons. The van der Waals surface area contributed by atoms with E-state index in [9.17, 15) is 5.11 Å². The lowest BCUT2D eigenvalue weighted by atomic mass is 9.93. The van der Waals surface area contributed by atoms with E-state index in [0.717, 1.165) is 22.4 Å². The minimum absolute atomic E-state index is 0.264. The average Bonchev–Trinajstić information content (AvgIpc) is 2.67. The van der Waals surface area contributed by atoms with Gasteiger partial charge in [0.1, 0.15) is 5.75 Å². The van der Waals surface area contributed by atoms with Crippen molar-refractivity contribution < 1.29 is 5.11 Å². The molecule has 3 rings (SSSR count). The number of nitrogens with zero attached hydrogens (tertiary/aromatic N) is 1. The Labute approximate surface area is 162 Å². The highest BCUT2D eigenvalue weighted by Crippen LogP contribution is 2.36. The lowest BCUT2D eigenvalue weighted by Crippen LogP contribution is -1.96. The summed E-state index contributed by atoms with van der Waals surface area (Å²) in [5.41, 5.74) is 6.03. The molecule has 27 heavy (non-hydrogen) atoms.